The average molecular weight is 490 g/mol. The zero-order valence-electron chi connectivity index (χ0n) is 22.2. The summed E-state index contributed by atoms with van der Waals surface area (Å²) < 4.78 is 27.3. The first-order valence-electron chi connectivity index (χ1n) is 11.4. The van der Waals surface area contributed by atoms with E-state index in [4.69, 9.17) is 18.9 Å². The Labute approximate surface area is 206 Å². The van der Waals surface area contributed by atoms with Crippen LogP contribution in [0.5, 0.6) is 0 Å². The van der Waals surface area contributed by atoms with E-state index >= 15 is 0 Å². The van der Waals surface area contributed by atoms with Gasteiger partial charge in [-0.1, -0.05) is 53.2 Å². The maximum Gasteiger partial charge on any atom is 0.384 e. The van der Waals surface area contributed by atoms with Crippen LogP contribution in [0.4, 0.5) is 0 Å². The summed E-state index contributed by atoms with van der Waals surface area (Å²) in [6.07, 6.45) is 2.61. The number of carbonyl (C=O) groups excluding carboxylic acids is 3. The number of carbonyl (C=O) groups is 3. The molecule has 4 atom stereocenters. The molecule has 0 aromatic carbocycles. The summed E-state index contributed by atoms with van der Waals surface area (Å²) >= 11 is 0. The van der Waals surface area contributed by atoms with E-state index in [1.807, 2.05) is 25.7 Å². The zero-order valence-corrected chi connectivity index (χ0v) is 22.2. The number of ether oxygens (including phenoxy) is 5. The highest BCUT2D eigenvalue weighted by Gasteiger charge is 2.70. The average Bonchev–Trinajstić information content (AvgIpc) is 3.02. The van der Waals surface area contributed by atoms with Crippen molar-refractivity contribution >= 4 is 17.9 Å². The van der Waals surface area contributed by atoms with E-state index in [0.717, 1.165) is 0 Å². The Morgan fingerprint density at radius 1 is 1.00 bits per heavy atom. The van der Waals surface area contributed by atoms with E-state index in [2.05, 4.69) is 43.4 Å². The van der Waals surface area contributed by atoms with Gasteiger partial charge in [0.05, 0.1) is 27.4 Å². The summed E-state index contributed by atoms with van der Waals surface area (Å²) in [6.45, 7) is 12.3. The van der Waals surface area contributed by atoms with Gasteiger partial charge in [-0.15, -0.1) is 0 Å². The minimum atomic E-state index is -2.10. The van der Waals surface area contributed by atoms with Crippen LogP contribution >= 0.6 is 0 Å². The predicted octanol–water partition coefficient (Wildman–Crippen LogP) is 2.55. The van der Waals surface area contributed by atoms with Crippen LogP contribution in [0.1, 0.15) is 48.0 Å². The highest BCUT2D eigenvalue weighted by Crippen LogP contribution is 2.63. The van der Waals surface area contributed by atoms with Crippen LogP contribution in [-0.4, -0.2) is 68.8 Å². The van der Waals surface area contributed by atoms with Gasteiger partial charge in [0.2, 0.25) is 0 Å². The Balaban J connectivity index is 2.42. The Morgan fingerprint density at radius 2 is 1.60 bits per heavy atom. The van der Waals surface area contributed by atoms with Crippen LogP contribution in [0, 0.1) is 28.6 Å². The van der Waals surface area contributed by atoms with Crippen molar-refractivity contribution in [2.24, 2.45) is 16.7 Å². The van der Waals surface area contributed by atoms with Gasteiger partial charge < -0.3 is 28.6 Å². The van der Waals surface area contributed by atoms with Crippen molar-refractivity contribution in [3.63, 3.8) is 0 Å². The predicted molar refractivity (Wildman–Crippen MR) is 125 cm³/mol. The maximum atomic E-state index is 13.4. The fraction of sp³-hybridized carbons (Fsp3) is 0.654. The minimum absolute atomic E-state index is 0.0500. The molecule has 0 saturated carbocycles. The molecule has 9 heteroatoms. The number of methoxy groups -OCH3 is 4. The van der Waals surface area contributed by atoms with Crippen LogP contribution in [0.3, 0.4) is 0 Å². The standard InChI is InChI=1S/C26H35NO8/c1-23(2,3)16-13-17-15(16)14-26(24(4,5)6)27(17)20(22(30)33-9)19(21(29)32-8)25(34-10,35-26)12-11-18(28)31-7/h13,15,17H,14H2,1-10H3/t15-,17+,25?,26-/m0/s1. The van der Waals surface area contributed by atoms with Crippen LogP contribution in [0.15, 0.2) is 22.9 Å². The highest BCUT2D eigenvalue weighted by molar-refractivity contribution is 6.03. The van der Waals surface area contributed by atoms with E-state index in [-0.39, 0.29) is 28.6 Å². The van der Waals surface area contributed by atoms with Gasteiger partial charge in [-0.05, 0) is 11.3 Å². The molecule has 1 aliphatic carbocycles. The number of esters is 3. The molecule has 3 rings (SSSR count). The van der Waals surface area contributed by atoms with Crippen molar-refractivity contribution < 1.29 is 38.1 Å². The monoisotopic (exact) mass is 489 g/mol. The molecule has 1 saturated heterocycles. The van der Waals surface area contributed by atoms with E-state index in [1.54, 1.807) is 0 Å². The minimum Gasteiger partial charge on any atom is -0.465 e. The van der Waals surface area contributed by atoms with E-state index < -0.39 is 34.8 Å². The van der Waals surface area contributed by atoms with Gasteiger partial charge in [0, 0.05) is 30.8 Å². The van der Waals surface area contributed by atoms with E-state index in [1.165, 1.54) is 34.0 Å². The second-order valence-corrected chi connectivity index (χ2v) is 10.9. The maximum absolute atomic E-state index is 13.4. The number of rotatable bonds is 3. The summed E-state index contributed by atoms with van der Waals surface area (Å²) in [7, 11) is 4.88. The van der Waals surface area contributed by atoms with Gasteiger partial charge in [0.1, 0.15) is 11.3 Å². The molecule has 9 nitrogen and oxygen atoms in total. The highest BCUT2D eigenvalue weighted by atomic mass is 16.7. The van der Waals surface area contributed by atoms with Crippen molar-refractivity contribution in [1.82, 2.24) is 4.90 Å². The molecule has 0 spiro atoms. The smallest absolute Gasteiger partial charge is 0.384 e. The Kier molecular flexibility index (Phi) is 6.64. The van der Waals surface area contributed by atoms with Gasteiger partial charge in [-0.25, -0.2) is 14.4 Å². The molecule has 2 aliphatic heterocycles. The molecular weight excluding hydrogens is 454 g/mol. The third kappa shape index (κ3) is 3.93. The number of fused-ring (bicyclic) bond motifs is 3. The largest absolute Gasteiger partial charge is 0.465 e. The quantitative estimate of drug-likeness (QED) is 0.195. The lowest BCUT2D eigenvalue weighted by Crippen LogP contribution is -2.66. The molecule has 0 aromatic heterocycles. The molecule has 2 heterocycles. The molecule has 0 N–H and O–H groups in total. The van der Waals surface area contributed by atoms with Crippen LogP contribution < -0.4 is 0 Å². The van der Waals surface area contributed by atoms with Crippen molar-refractivity contribution in [2.75, 3.05) is 28.4 Å². The second-order valence-electron chi connectivity index (χ2n) is 10.9. The lowest BCUT2D eigenvalue weighted by atomic mass is 9.67. The molecule has 0 radical (unpaired) electrons. The molecule has 192 valence electrons. The molecule has 0 aromatic rings. The molecule has 3 aliphatic rings. The first-order chi connectivity index (χ1) is 16.1. The van der Waals surface area contributed by atoms with Gasteiger partial charge in [-0.2, -0.15) is 0 Å². The van der Waals surface area contributed by atoms with E-state index in [0.29, 0.717) is 6.42 Å². The number of nitrogens with zero attached hydrogens (tertiary/aromatic N) is 1. The normalized spacial score (nSPS) is 29.7. The number of hydrogen-bond acceptors (Lipinski definition) is 9. The first-order valence-corrected chi connectivity index (χ1v) is 11.4. The Bertz CT molecular complexity index is 1060. The molecule has 0 bridgehead atoms. The lowest BCUT2D eigenvalue weighted by molar-refractivity contribution is -0.307. The van der Waals surface area contributed by atoms with Gasteiger partial charge in [0.25, 0.3) is 5.79 Å². The van der Waals surface area contributed by atoms with Crippen LogP contribution in [0.2, 0.25) is 0 Å². The summed E-state index contributed by atoms with van der Waals surface area (Å²) in [6, 6.07) is -0.222. The van der Waals surface area contributed by atoms with Gasteiger partial charge in [-0.3, -0.25) is 0 Å². The molecule has 0 amide bonds. The summed E-state index contributed by atoms with van der Waals surface area (Å²) in [5.41, 5.74) is -0.955. The summed E-state index contributed by atoms with van der Waals surface area (Å²) in [5, 5.41) is 0. The topological polar surface area (TPSA) is 101 Å². The molecule has 1 fully saturated rings. The Hall–Kier alpha value is -2.83. The van der Waals surface area contributed by atoms with Gasteiger partial charge in [0.15, 0.2) is 5.72 Å². The second kappa shape index (κ2) is 8.68. The van der Waals surface area contributed by atoms with E-state index in [9.17, 15) is 14.4 Å². The van der Waals surface area contributed by atoms with Crippen molar-refractivity contribution in [3.8, 4) is 11.8 Å². The fourth-order valence-electron chi connectivity index (χ4n) is 5.32. The van der Waals surface area contributed by atoms with Crippen LogP contribution in [0.25, 0.3) is 0 Å². The van der Waals surface area contributed by atoms with Crippen molar-refractivity contribution in [1.29, 1.82) is 0 Å². The fourth-order valence-corrected chi connectivity index (χ4v) is 5.32. The molecule has 1 unspecified atom stereocenters. The number of hydrogen-bond donors (Lipinski definition) is 0. The van der Waals surface area contributed by atoms with Crippen LogP contribution in [-0.2, 0) is 38.1 Å². The lowest BCUT2D eigenvalue weighted by Gasteiger charge is -2.56. The van der Waals surface area contributed by atoms with Crippen molar-refractivity contribution in [3.05, 3.63) is 22.9 Å². The first kappa shape index (κ1) is 26.8. The third-order valence-corrected chi connectivity index (χ3v) is 7.07. The third-order valence-electron chi connectivity index (χ3n) is 7.07. The Morgan fingerprint density at radius 3 is 2.06 bits per heavy atom. The summed E-state index contributed by atoms with van der Waals surface area (Å²) in [5.74, 6) is 0.387. The zero-order chi connectivity index (χ0) is 26.6. The van der Waals surface area contributed by atoms with Gasteiger partial charge >= 0.3 is 17.9 Å². The summed E-state index contributed by atoms with van der Waals surface area (Å²) in [4.78, 5) is 40.3. The molecule has 35 heavy (non-hydrogen) atoms. The SMILES string of the molecule is COC(=O)C#CC1(OC)O[C@]2(C(C)(C)C)C[C@H]3C(C(C)(C)C)=C[C@H]3N2C(C(=O)OC)=C1C(=O)OC. The van der Waals surface area contributed by atoms with Crippen molar-refractivity contribution in [2.45, 2.75) is 65.5 Å². The molecular formula is C26H35NO8.